The molecule has 2 N–H and O–H groups in total. The van der Waals surface area contributed by atoms with Gasteiger partial charge in [-0.15, -0.1) is 0 Å². The van der Waals surface area contributed by atoms with Crippen molar-refractivity contribution in [2.75, 3.05) is 12.3 Å². The van der Waals surface area contributed by atoms with Crippen molar-refractivity contribution < 1.29 is 9.59 Å². The minimum atomic E-state index is -0.545. The van der Waals surface area contributed by atoms with Gasteiger partial charge in [0, 0.05) is 11.9 Å². The molecule has 0 fully saturated rings. The highest BCUT2D eigenvalue weighted by Gasteiger charge is 2.15. The summed E-state index contributed by atoms with van der Waals surface area (Å²) in [5.41, 5.74) is 0.845. The monoisotopic (exact) mass is 332 g/mol. The van der Waals surface area contributed by atoms with Gasteiger partial charge in [0.05, 0.1) is 11.3 Å². The number of nitrogens with zero attached hydrogens (tertiary/aromatic N) is 2. The highest BCUT2D eigenvalue weighted by molar-refractivity contribution is 8.00. The Kier molecular flexibility index (Phi) is 6.34. The molecule has 0 aliphatic carbocycles. The van der Waals surface area contributed by atoms with Crippen LogP contribution in [0.25, 0.3) is 10.9 Å². The van der Waals surface area contributed by atoms with Gasteiger partial charge in [0.15, 0.2) is 0 Å². The Hall–Kier alpha value is -2.15. The summed E-state index contributed by atoms with van der Waals surface area (Å²) in [5, 5.41) is 7.12. The number of carbonyl (C=O) groups excluding carboxylic acids is 2. The summed E-state index contributed by atoms with van der Waals surface area (Å²) < 4.78 is 0. The van der Waals surface area contributed by atoms with Gasteiger partial charge in [-0.05, 0) is 19.4 Å². The van der Waals surface area contributed by atoms with Crippen molar-refractivity contribution in [3.05, 3.63) is 30.6 Å². The lowest BCUT2D eigenvalue weighted by molar-refractivity contribution is -0.127. The number of rotatable bonds is 7. The molecule has 2 amide bonds. The zero-order valence-corrected chi connectivity index (χ0v) is 14.0. The highest BCUT2D eigenvalue weighted by atomic mass is 32.2. The second kappa shape index (κ2) is 8.47. The average molecular weight is 332 g/mol. The van der Waals surface area contributed by atoms with E-state index >= 15 is 0 Å². The maximum absolute atomic E-state index is 12.0. The second-order valence-corrected chi connectivity index (χ2v) is 6.03. The van der Waals surface area contributed by atoms with E-state index < -0.39 is 6.04 Å². The number of carbonyl (C=O) groups is 2. The Morgan fingerprint density at radius 3 is 2.83 bits per heavy atom. The van der Waals surface area contributed by atoms with Gasteiger partial charge in [-0.3, -0.25) is 9.59 Å². The topological polar surface area (TPSA) is 84.0 Å². The molecule has 0 saturated heterocycles. The van der Waals surface area contributed by atoms with E-state index in [1.54, 1.807) is 6.92 Å². The molecule has 0 aliphatic rings. The standard InChI is InChI=1S/C16H20N4O2S/c1-3-8-17-15(22)11(2)20-14(21)9-23-16-12-6-4-5-7-13(12)18-10-19-16/h4-7,10-11H,3,8-9H2,1-2H3,(H,17,22)(H,20,21)/t11-/m0/s1. The molecule has 2 rings (SSSR count). The predicted octanol–water partition coefficient (Wildman–Crippen LogP) is 1.75. The molecule has 0 aliphatic heterocycles. The summed E-state index contributed by atoms with van der Waals surface area (Å²) in [5.74, 6) is -0.165. The molecule has 1 atom stereocenters. The van der Waals surface area contributed by atoms with Crippen LogP contribution in [0.3, 0.4) is 0 Å². The average Bonchev–Trinajstić information content (AvgIpc) is 2.57. The molecule has 0 radical (unpaired) electrons. The Bertz CT molecular complexity index is 687. The summed E-state index contributed by atoms with van der Waals surface area (Å²) in [6.45, 7) is 4.26. The number of hydrogen-bond donors (Lipinski definition) is 2. The molecule has 0 saturated carbocycles. The fraction of sp³-hybridized carbons (Fsp3) is 0.375. The Morgan fingerprint density at radius 1 is 1.26 bits per heavy atom. The summed E-state index contributed by atoms with van der Waals surface area (Å²) in [6, 6.07) is 7.11. The molecule has 23 heavy (non-hydrogen) atoms. The number of thioether (sulfide) groups is 1. The first-order valence-electron chi connectivity index (χ1n) is 7.51. The van der Waals surface area contributed by atoms with Crippen molar-refractivity contribution in [3.63, 3.8) is 0 Å². The highest BCUT2D eigenvalue weighted by Crippen LogP contribution is 2.23. The van der Waals surface area contributed by atoms with E-state index in [9.17, 15) is 9.59 Å². The van der Waals surface area contributed by atoms with Crippen LogP contribution in [-0.4, -0.2) is 40.1 Å². The van der Waals surface area contributed by atoms with Crippen molar-refractivity contribution >= 4 is 34.5 Å². The maximum Gasteiger partial charge on any atom is 0.242 e. The van der Waals surface area contributed by atoms with Crippen LogP contribution in [0.1, 0.15) is 20.3 Å². The maximum atomic E-state index is 12.0. The Labute approximate surface area is 139 Å². The number of fused-ring (bicyclic) bond motifs is 1. The number of aromatic nitrogens is 2. The van der Waals surface area contributed by atoms with Crippen LogP contribution in [0.5, 0.6) is 0 Å². The van der Waals surface area contributed by atoms with Crippen molar-refractivity contribution in [1.29, 1.82) is 0 Å². The SMILES string of the molecule is CCCNC(=O)[C@H](C)NC(=O)CSc1ncnc2ccccc12. The van der Waals surface area contributed by atoms with Gasteiger partial charge in [-0.2, -0.15) is 0 Å². The quantitative estimate of drug-likeness (QED) is 0.596. The van der Waals surface area contributed by atoms with Gasteiger partial charge in [0.2, 0.25) is 11.8 Å². The summed E-state index contributed by atoms with van der Waals surface area (Å²) in [6.07, 6.45) is 2.35. The first kappa shape index (κ1) is 17.2. The molecular weight excluding hydrogens is 312 g/mol. The minimum Gasteiger partial charge on any atom is -0.354 e. The van der Waals surface area contributed by atoms with Gasteiger partial charge < -0.3 is 10.6 Å². The Morgan fingerprint density at radius 2 is 2.04 bits per heavy atom. The second-order valence-electron chi connectivity index (χ2n) is 5.06. The molecule has 0 spiro atoms. The third-order valence-electron chi connectivity index (χ3n) is 3.17. The zero-order chi connectivity index (χ0) is 16.7. The van der Waals surface area contributed by atoms with Crippen molar-refractivity contribution in [2.45, 2.75) is 31.3 Å². The Balaban J connectivity index is 1.90. The van der Waals surface area contributed by atoms with Crippen LogP contribution in [0, 0.1) is 0 Å². The smallest absolute Gasteiger partial charge is 0.242 e. The van der Waals surface area contributed by atoms with Crippen molar-refractivity contribution in [1.82, 2.24) is 20.6 Å². The molecular formula is C16H20N4O2S. The lowest BCUT2D eigenvalue weighted by atomic mass is 10.2. The van der Waals surface area contributed by atoms with E-state index in [4.69, 9.17) is 0 Å². The van der Waals surface area contributed by atoms with Crippen LogP contribution < -0.4 is 10.6 Å². The van der Waals surface area contributed by atoms with Gasteiger partial charge in [0.1, 0.15) is 17.4 Å². The number of benzene rings is 1. The predicted molar refractivity (Wildman–Crippen MR) is 91.2 cm³/mol. The summed E-state index contributed by atoms with van der Waals surface area (Å²) in [7, 11) is 0. The molecule has 0 bridgehead atoms. The number of amides is 2. The van der Waals surface area contributed by atoms with Crippen LogP contribution >= 0.6 is 11.8 Å². The van der Waals surface area contributed by atoms with E-state index in [2.05, 4.69) is 20.6 Å². The van der Waals surface area contributed by atoms with E-state index in [0.717, 1.165) is 22.3 Å². The van der Waals surface area contributed by atoms with E-state index in [1.165, 1.54) is 18.1 Å². The first-order chi connectivity index (χ1) is 11.1. The van der Waals surface area contributed by atoms with Crippen molar-refractivity contribution in [3.8, 4) is 0 Å². The molecule has 2 aromatic rings. The molecule has 0 unspecified atom stereocenters. The van der Waals surface area contributed by atoms with Gasteiger partial charge in [-0.1, -0.05) is 36.9 Å². The fourth-order valence-corrected chi connectivity index (χ4v) is 2.78. The third-order valence-corrected chi connectivity index (χ3v) is 4.17. The van der Waals surface area contributed by atoms with Crippen molar-refractivity contribution in [2.24, 2.45) is 0 Å². The fourth-order valence-electron chi connectivity index (χ4n) is 1.98. The van der Waals surface area contributed by atoms with Gasteiger partial charge in [0.25, 0.3) is 0 Å². The molecule has 1 heterocycles. The van der Waals surface area contributed by atoms with Crippen LogP contribution in [0.2, 0.25) is 0 Å². The number of para-hydroxylation sites is 1. The van der Waals surface area contributed by atoms with Crippen LogP contribution in [0.15, 0.2) is 35.6 Å². The molecule has 1 aromatic heterocycles. The minimum absolute atomic E-state index is 0.169. The molecule has 6 nitrogen and oxygen atoms in total. The summed E-state index contributed by atoms with van der Waals surface area (Å²) >= 11 is 1.33. The lowest BCUT2D eigenvalue weighted by Crippen LogP contribution is -2.45. The first-order valence-corrected chi connectivity index (χ1v) is 8.50. The van der Waals surface area contributed by atoms with E-state index in [-0.39, 0.29) is 17.6 Å². The third kappa shape index (κ3) is 4.92. The lowest BCUT2D eigenvalue weighted by Gasteiger charge is -2.13. The molecule has 1 aromatic carbocycles. The van der Waals surface area contributed by atoms with Gasteiger partial charge in [-0.25, -0.2) is 9.97 Å². The molecule has 7 heteroatoms. The van der Waals surface area contributed by atoms with Gasteiger partial charge >= 0.3 is 0 Å². The van der Waals surface area contributed by atoms with E-state index in [1.807, 2.05) is 31.2 Å². The normalized spacial score (nSPS) is 11.9. The van der Waals surface area contributed by atoms with E-state index in [0.29, 0.717) is 6.54 Å². The number of hydrogen-bond acceptors (Lipinski definition) is 5. The summed E-state index contributed by atoms with van der Waals surface area (Å²) in [4.78, 5) is 32.1. The number of nitrogens with one attached hydrogen (secondary N) is 2. The zero-order valence-electron chi connectivity index (χ0n) is 13.2. The van der Waals surface area contributed by atoms with Crippen LogP contribution in [-0.2, 0) is 9.59 Å². The largest absolute Gasteiger partial charge is 0.354 e. The molecule has 122 valence electrons. The van der Waals surface area contributed by atoms with Crippen LogP contribution in [0.4, 0.5) is 0 Å².